The predicted molar refractivity (Wildman–Crippen MR) is 102 cm³/mol. The van der Waals surface area contributed by atoms with Gasteiger partial charge in [0.05, 0.1) is 7.11 Å². The van der Waals surface area contributed by atoms with Crippen LogP contribution in [0.3, 0.4) is 0 Å². The van der Waals surface area contributed by atoms with Crippen LogP contribution in [0.2, 0.25) is 0 Å². The van der Waals surface area contributed by atoms with E-state index in [-0.39, 0.29) is 5.91 Å². The SMILES string of the molecule is COc1ncccc1CNC(=O)/C=C/c1ccc(OCCN(C)C)cc1. The quantitative estimate of drug-likeness (QED) is 0.700. The summed E-state index contributed by atoms with van der Waals surface area (Å²) in [4.78, 5) is 18.1. The third-order valence-corrected chi connectivity index (χ3v) is 3.61. The molecule has 0 aliphatic rings. The topological polar surface area (TPSA) is 63.7 Å². The fourth-order valence-corrected chi connectivity index (χ4v) is 2.18. The molecule has 0 bridgehead atoms. The van der Waals surface area contributed by atoms with E-state index < -0.39 is 0 Å². The van der Waals surface area contributed by atoms with E-state index in [1.807, 2.05) is 50.5 Å². The van der Waals surface area contributed by atoms with Gasteiger partial charge in [0.15, 0.2) is 0 Å². The summed E-state index contributed by atoms with van der Waals surface area (Å²) in [5, 5.41) is 2.82. The van der Waals surface area contributed by atoms with Crippen LogP contribution in [-0.2, 0) is 11.3 Å². The second kappa shape index (κ2) is 10.2. The molecule has 6 nitrogen and oxygen atoms in total. The zero-order valence-electron chi connectivity index (χ0n) is 15.4. The lowest BCUT2D eigenvalue weighted by atomic mass is 10.2. The first-order valence-electron chi connectivity index (χ1n) is 8.40. The first-order chi connectivity index (χ1) is 12.6. The number of benzene rings is 1. The second-order valence-corrected chi connectivity index (χ2v) is 5.94. The Morgan fingerprint density at radius 1 is 1.23 bits per heavy atom. The van der Waals surface area contributed by atoms with E-state index in [1.165, 1.54) is 6.08 Å². The molecule has 0 atom stereocenters. The van der Waals surface area contributed by atoms with E-state index in [4.69, 9.17) is 9.47 Å². The Morgan fingerprint density at radius 3 is 2.69 bits per heavy atom. The number of methoxy groups -OCH3 is 1. The predicted octanol–water partition coefficient (Wildman–Crippen LogP) is 2.36. The number of aromatic nitrogens is 1. The van der Waals surface area contributed by atoms with Gasteiger partial charge in [0.1, 0.15) is 12.4 Å². The van der Waals surface area contributed by atoms with Gasteiger partial charge in [-0.2, -0.15) is 0 Å². The number of likely N-dealkylation sites (N-methyl/N-ethyl adjacent to an activating group) is 1. The van der Waals surface area contributed by atoms with E-state index in [0.29, 0.717) is 19.0 Å². The maximum Gasteiger partial charge on any atom is 0.244 e. The molecule has 1 aromatic heterocycles. The van der Waals surface area contributed by atoms with E-state index in [1.54, 1.807) is 19.4 Å². The Morgan fingerprint density at radius 2 is 2.00 bits per heavy atom. The van der Waals surface area contributed by atoms with Crippen LogP contribution in [0.5, 0.6) is 11.6 Å². The normalized spacial score (nSPS) is 10.9. The molecule has 0 spiro atoms. The van der Waals surface area contributed by atoms with Crippen molar-refractivity contribution in [2.24, 2.45) is 0 Å². The summed E-state index contributed by atoms with van der Waals surface area (Å²) in [7, 11) is 5.57. The Bertz CT molecular complexity index is 727. The number of hydrogen-bond donors (Lipinski definition) is 1. The smallest absolute Gasteiger partial charge is 0.244 e. The fraction of sp³-hybridized carbons (Fsp3) is 0.300. The summed E-state index contributed by atoms with van der Waals surface area (Å²) in [6.45, 7) is 1.87. The third-order valence-electron chi connectivity index (χ3n) is 3.61. The molecule has 1 heterocycles. The summed E-state index contributed by atoms with van der Waals surface area (Å²) in [5.41, 5.74) is 1.76. The molecule has 0 saturated carbocycles. The summed E-state index contributed by atoms with van der Waals surface area (Å²) in [5.74, 6) is 1.15. The molecule has 138 valence electrons. The zero-order chi connectivity index (χ0) is 18.8. The molecule has 0 radical (unpaired) electrons. The van der Waals surface area contributed by atoms with Crippen molar-refractivity contribution in [1.29, 1.82) is 0 Å². The van der Waals surface area contributed by atoms with Crippen molar-refractivity contribution < 1.29 is 14.3 Å². The van der Waals surface area contributed by atoms with Crippen LogP contribution in [0.1, 0.15) is 11.1 Å². The van der Waals surface area contributed by atoms with Gasteiger partial charge in [0, 0.05) is 30.9 Å². The molecule has 2 aromatic rings. The van der Waals surface area contributed by atoms with Crippen LogP contribution in [-0.4, -0.2) is 50.1 Å². The Labute approximate surface area is 154 Å². The molecule has 2 rings (SSSR count). The molecule has 0 saturated heterocycles. The Hall–Kier alpha value is -2.86. The van der Waals surface area contributed by atoms with Gasteiger partial charge in [-0.25, -0.2) is 4.98 Å². The maximum absolute atomic E-state index is 12.0. The standard InChI is InChI=1S/C20H25N3O3/c1-23(2)13-14-26-18-9-6-16(7-10-18)8-11-19(24)22-15-17-5-4-12-21-20(17)25-3/h4-12H,13-15H2,1-3H3,(H,22,24)/b11-8+. The lowest BCUT2D eigenvalue weighted by Crippen LogP contribution is -2.20. The number of ether oxygens (including phenoxy) is 2. The van der Waals surface area contributed by atoms with Crippen molar-refractivity contribution in [3.05, 3.63) is 59.8 Å². The van der Waals surface area contributed by atoms with Gasteiger partial charge in [0.25, 0.3) is 0 Å². The van der Waals surface area contributed by atoms with E-state index in [2.05, 4.69) is 15.2 Å². The number of pyridine rings is 1. The number of rotatable bonds is 9. The van der Waals surface area contributed by atoms with Crippen molar-refractivity contribution in [2.45, 2.75) is 6.54 Å². The number of hydrogen-bond acceptors (Lipinski definition) is 5. The highest BCUT2D eigenvalue weighted by Crippen LogP contribution is 2.14. The van der Waals surface area contributed by atoms with Crippen molar-refractivity contribution in [3.8, 4) is 11.6 Å². The molecule has 1 N–H and O–H groups in total. The van der Waals surface area contributed by atoms with Crippen molar-refractivity contribution in [3.63, 3.8) is 0 Å². The highest BCUT2D eigenvalue weighted by atomic mass is 16.5. The van der Waals surface area contributed by atoms with Crippen LogP contribution >= 0.6 is 0 Å². The van der Waals surface area contributed by atoms with Gasteiger partial charge in [-0.3, -0.25) is 4.79 Å². The molecule has 0 aliphatic heterocycles. The summed E-state index contributed by atoms with van der Waals surface area (Å²) in [6.07, 6.45) is 4.92. The largest absolute Gasteiger partial charge is 0.492 e. The summed E-state index contributed by atoms with van der Waals surface area (Å²) < 4.78 is 10.8. The van der Waals surface area contributed by atoms with Gasteiger partial charge in [-0.15, -0.1) is 0 Å². The van der Waals surface area contributed by atoms with Gasteiger partial charge < -0.3 is 19.7 Å². The first-order valence-corrected chi connectivity index (χ1v) is 8.40. The monoisotopic (exact) mass is 355 g/mol. The minimum Gasteiger partial charge on any atom is -0.492 e. The molecule has 0 unspecified atom stereocenters. The molecule has 1 amide bonds. The minimum absolute atomic E-state index is 0.179. The Kier molecular flexibility index (Phi) is 7.64. The van der Waals surface area contributed by atoms with Crippen molar-refractivity contribution >= 4 is 12.0 Å². The van der Waals surface area contributed by atoms with Crippen LogP contribution in [0, 0.1) is 0 Å². The van der Waals surface area contributed by atoms with Gasteiger partial charge in [0.2, 0.25) is 11.8 Å². The van der Waals surface area contributed by atoms with Crippen molar-refractivity contribution in [1.82, 2.24) is 15.2 Å². The molecule has 0 aliphatic carbocycles. The number of carbonyl (C=O) groups excluding carboxylic acids is 1. The third kappa shape index (κ3) is 6.57. The van der Waals surface area contributed by atoms with E-state index in [0.717, 1.165) is 23.4 Å². The molecular weight excluding hydrogens is 330 g/mol. The minimum atomic E-state index is -0.179. The van der Waals surface area contributed by atoms with Gasteiger partial charge in [-0.05, 0) is 43.9 Å². The van der Waals surface area contributed by atoms with Gasteiger partial charge >= 0.3 is 0 Å². The molecular formula is C20H25N3O3. The lowest BCUT2D eigenvalue weighted by molar-refractivity contribution is -0.116. The van der Waals surface area contributed by atoms with Crippen LogP contribution in [0.4, 0.5) is 0 Å². The van der Waals surface area contributed by atoms with Crippen LogP contribution in [0.25, 0.3) is 6.08 Å². The van der Waals surface area contributed by atoms with E-state index in [9.17, 15) is 4.79 Å². The molecule has 0 fully saturated rings. The van der Waals surface area contributed by atoms with E-state index >= 15 is 0 Å². The number of amides is 1. The van der Waals surface area contributed by atoms with Crippen LogP contribution in [0.15, 0.2) is 48.7 Å². The summed E-state index contributed by atoms with van der Waals surface area (Å²) >= 11 is 0. The maximum atomic E-state index is 12.0. The zero-order valence-corrected chi connectivity index (χ0v) is 15.4. The Balaban J connectivity index is 1.82. The number of nitrogens with one attached hydrogen (secondary N) is 1. The summed E-state index contributed by atoms with van der Waals surface area (Å²) in [6, 6.07) is 11.3. The van der Waals surface area contributed by atoms with Crippen LogP contribution < -0.4 is 14.8 Å². The first kappa shape index (κ1) is 19.5. The fourth-order valence-electron chi connectivity index (χ4n) is 2.18. The highest BCUT2D eigenvalue weighted by Gasteiger charge is 2.04. The second-order valence-electron chi connectivity index (χ2n) is 5.94. The molecule has 26 heavy (non-hydrogen) atoms. The number of nitrogens with zero attached hydrogens (tertiary/aromatic N) is 2. The average Bonchev–Trinajstić information content (AvgIpc) is 2.65. The average molecular weight is 355 g/mol. The molecule has 1 aromatic carbocycles. The van der Waals surface area contributed by atoms with Gasteiger partial charge in [-0.1, -0.05) is 18.2 Å². The lowest BCUT2D eigenvalue weighted by Gasteiger charge is -2.10. The molecule has 6 heteroatoms. The van der Waals surface area contributed by atoms with Crippen molar-refractivity contribution in [2.75, 3.05) is 34.4 Å². The highest BCUT2D eigenvalue weighted by molar-refractivity contribution is 5.91. The number of carbonyl (C=O) groups is 1.